The summed E-state index contributed by atoms with van der Waals surface area (Å²) in [6.45, 7) is 3.44. The lowest BCUT2D eigenvalue weighted by Gasteiger charge is -2.11. The van der Waals surface area contributed by atoms with Crippen molar-refractivity contribution in [2.45, 2.75) is 71.3 Å². The Kier molecular flexibility index (Phi) is 10.5. The third kappa shape index (κ3) is 9.75. The summed E-state index contributed by atoms with van der Waals surface area (Å²) in [6.07, 6.45) is 8.96. The first-order valence-corrected chi connectivity index (χ1v) is 11.4. The van der Waals surface area contributed by atoms with Crippen molar-refractivity contribution in [3.05, 3.63) is 57.8 Å². The molecule has 0 aliphatic rings. The van der Waals surface area contributed by atoms with Crippen LogP contribution in [0.15, 0.2) is 42.5 Å². The molecule has 1 amide bonds. The molecule has 0 spiro atoms. The molecule has 0 saturated heterocycles. The Labute approximate surface area is 178 Å². The molecule has 1 heterocycles. The summed E-state index contributed by atoms with van der Waals surface area (Å²) in [6, 6.07) is 14.6. The highest BCUT2D eigenvalue weighted by Gasteiger charge is 2.14. The molecule has 1 atom stereocenters. The normalized spacial score (nSPS) is 11.8. The molecule has 2 aromatic rings. The van der Waals surface area contributed by atoms with Gasteiger partial charge in [0.25, 0.3) is 0 Å². The second-order valence-corrected chi connectivity index (χ2v) is 8.71. The summed E-state index contributed by atoms with van der Waals surface area (Å²) in [5.41, 5.74) is 1.43. The van der Waals surface area contributed by atoms with E-state index in [9.17, 15) is 9.59 Å². The maximum absolute atomic E-state index is 11.7. The van der Waals surface area contributed by atoms with Crippen LogP contribution in [0.25, 0.3) is 0 Å². The highest BCUT2D eigenvalue weighted by atomic mass is 32.1. The van der Waals surface area contributed by atoms with Crippen molar-refractivity contribution in [1.29, 1.82) is 0 Å². The average Bonchev–Trinajstić information content (AvgIpc) is 3.15. The molecule has 0 aliphatic heterocycles. The van der Waals surface area contributed by atoms with Crippen LogP contribution in [0.3, 0.4) is 0 Å². The Morgan fingerprint density at radius 3 is 2.17 bits per heavy atom. The first-order chi connectivity index (χ1) is 14.0. The van der Waals surface area contributed by atoms with E-state index in [4.69, 9.17) is 4.74 Å². The lowest BCUT2D eigenvalue weighted by Crippen LogP contribution is -2.38. The maximum atomic E-state index is 11.7. The topological polar surface area (TPSA) is 55.4 Å². The van der Waals surface area contributed by atoms with Crippen LogP contribution in [0, 0.1) is 0 Å². The number of rotatable bonds is 13. The summed E-state index contributed by atoms with van der Waals surface area (Å²) in [5.74, 6) is -0.593. The number of thiophene rings is 1. The molecule has 1 N–H and O–H groups in total. The maximum Gasteiger partial charge on any atom is 0.328 e. The van der Waals surface area contributed by atoms with E-state index in [-0.39, 0.29) is 11.9 Å². The van der Waals surface area contributed by atoms with E-state index >= 15 is 0 Å². The van der Waals surface area contributed by atoms with Crippen molar-refractivity contribution in [2.24, 2.45) is 0 Å². The summed E-state index contributed by atoms with van der Waals surface area (Å²) in [7, 11) is 0. The van der Waals surface area contributed by atoms with E-state index in [1.165, 1.54) is 47.9 Å². The van der Waals surface area contributed by atoms with E-state index in [0.717, 1.165) is 25.7 Å². The standard InChI is InChI=1S/C24H33NO3S/c1-19(25-20(2)26)24(27)28-18-10-9-15-23-17-16-22(29-23)14-8-4-7-13-21-11-5-3-6-12-21/h3,5-6,11-12,16-17,19H,4,7-10,13-15,18H2,1-2H3,(H,25,26)/t19-/m1/s1. The lowest BCUT2D eigenvalue weighted by atomic mass is 10.1. The van der Waals surface area contributed by atoms with Crippen molar-refractivity contribution in [2.75, 3.05) is 6.61 Å². The van der Waals surface area contributed by atoms with Crippen LogP contribution in [-0.4, -0.2) is 24.5 Å². The highest BCUT2D eigenvalue weighted by molar-refractivity contribution is 7.11. The fraction of sp³-hybridized carbons (Fsp3) is 0.500. The molecule has 2 rings (SSSR count). The Bertz CT molecular complexity index is 742. The molecule has 4 nitrogen and oxygen atoms in total. The molecular weight excluding hydrogens is 382 g/mol. The second-order valence-electron chi connectivity index (χ2n) is 7.46. The van der Waals surface area contributed by atoms with Crippen LogP contribution in [0.5, 0.6) is 0 Å². The third-order valence-corrected chi connectivity index (χ3v) is 5.99. The first kappa shape index (κ1) is 23.1. The van der Waals surface area contributed by atoms with Crippen LogP contribution < -0.4 is 5.32 Å². The number of esters is 1. The molecule has 158 valence electrons. The van der Waals surface area contributed by atoms with Crippen molar-refractivity contribution in [3.63, 3.8) is 0 Å². The fourth-order valence-corrected chi connectivity index (χ4v) is 4.31. The van der Waals surface area contributed by atoms with Gasteiger partial charge in [0.2, 0.25) is 5.91 Å². The summed E-state index contributed by atoms with van der Waals surface area (Å²) in [5, 5.41) is 2.53. The van der Waals surface area contributed by atoms with Gasteiger partial charge in [-0.15, -0.1) is 11.3 Å². The predicted octanol–water partition coefficient (Wildman–Crippen LogP) is 5.09. The monoisotopic (exact) mass is 415 g/mol. The van der Waals surface area contributed by atoms with Gasteiger partial charge in [0, 0.05) is 16.7 Å². The molecule has 0 aliphatic carbocycles. The van der Waals surface area contributed by atoms with Crippen LogP contribution in [0.4, 0.5) is 0 Å². The molecule has 0 radical (unpaired) electrons. The molecule has 29 heavy (non-hydrogen) atoms. The van der Waals surface area contributed by atoms with Gasteiger partial charge < -0.3 is 10.1 Å². The van der Waals surface area contributed by atoms with Crippen LogP contribution in [0.2, 0.25) is 0 Å². The minimum absolute atomic E-state index is 0.223. The molecule has 0 unspecified atom stereocenters. The minimum atomic E-state index is -0.583. The summed E-state index contributed by atoms with van der Waals surface area (Å²) < 4.78 is 5.21. The zero-order valence-electron chi connectivity index (χ0n) is 17.6. The molecule has 0 bridgehead atoms. The molecule has 5 heteroatoms. The quantitative estimate of drug-likeness (QED) is 0.366. The molecule has 0 fully saturated rings. The Morgan fingerprint density at radius 1 is 0.897 bits per heavy atom. The van der Waals surface area contributed by atoms with Crippen molar-refractivity contribution >= 4 is 23.2 Å². The molecule has 0 saturated carbocycles. The van der Waals surface area contributed by atoms with Gasteiger partial charge in [-0.3, -0.25) is 4.79 Å². The van der Waals surface area contributed by atoms with Gasteiger partial charge in [-0.05, 0) is 69.6 Å². The van der Waals surface area contributed by atoms with Gasteiger partial charge in [-0.25, -0.2) is 4.79 Å². The van der Waals surface area contributed by atoms with Crippen molar-refractivity contribution in [3.8, 4) is 0 Å². The third-order valence-electron chi connectivity index (χ3n) is 4.78. The average molecular weight is 416 g/mol. The zero-order valence-corrected chi connectivity index (χ0v) is 18.4. The number of benzene rings is 1. The predicted molar refractivity (Wildman–Crippen MR) is 119 cm³/mol. The molecule has 1 aromatic carbocycles. The number of unbranched alkanes of at least 4 members (excludes halogenated alkanes) is 3. The largest absolute Gasteiger partial charge is 0.464 e. The Morgan fingerprint density at radius 2 is 1.52 bits per heavy atom. The highest BCUT2D eigenvalue weighted by Crippen LogP contribution is 2.21. The molecule has 1 aromatic heterocycles. The number of carbonyl (C=O) groups is 2. The van der Waals surface area contributed by atoms with Gasteiger partial charge in [0.1, 0.15) is 6.04 Å². The Hall–Kier alpha value is -2.14. The van der Waals surface area contributed by atoms with Gasteiger partial charge in [0.05, 0.1) is 6.61 Å². The summed E-state index contributed by atoms with van der Waals surface area (Å²) >= 11 is 1.91. The van der Waals surface area contributed by atoms with E-state index in [2.05, 4.69) is 47.8 Å². The smallest absolute Gasteiger partial charge is 0.328 e. The van der Waals surface area contributed by atoms with Crippen molar-refractivity contribution in [1.82, 2.24) is 5.32 Å². The zero-order chi connectivity index (χ0) is 20.9. The van der Waals surface area contributed by atoms with Gasteiger partial charge in [-0.2, -0.15) is 0 Å². The van der Waals surface area contributed by atoms with Gasteiger partial charge in [0.15, 0.2) is 0 Å². The number of hydrogen-bond acceptors (Lipinski definition) is 4. The summed E-state index contributed by atoms with van der Waals surface area (Å²) in [4.78, 5) is 25.5. The van der Waals surface area contributed by atoms with Gasteiger partial charge >= 0.3 is 5.97 Å². The van der Waals surface area contributed by atoms with Crippen LogP contribution in [0.1, 0.15) is 61.3 Å². The van der Waals surface area contributed by atoms with Gasteiger partial charge in [-0.1, -0.05) is 36.8 Å². The van der Waals surface area contributed by atoms with E-state index in [1.807, 2.05) is 11.3 Å². The van der Waals surface area contributed by atoms with E-state index < -0.39 is 6.04 Å². The first-order valence-electron chi connectivity index (χ1n) is 10.6. The number of amides is 1. The Balaban J connectivity index is 1.52. The number of nitrogens with one attached hydrogen (secondary N) is 1. The van der Waals surface area contributed by atoms with Crippen LogP contribution in [-0.2, 0) is 33.6 Å². The number of aryl methyl sites for hydroxylation is 3. The lowest BCUT2D eigenvalue weighted by molar-refractivity contribution is -0.147. The molecular formula is C24H33NO3S. The number of hydrogen-bond donors (Lipinski definition) is 1. The second kappa shape index (κ2) is 13.2. The number of carbonyl (C=O) groups excluding carboxylic acids is 2. The fourth-order valence-electron chi connectivity index (χ4n) is 3.20. The van der Waals surface area contributed by atoms with Crippen LogP contribution >= 0.6 is 11.3 Å². The van der Waals surface area contributed by atoms with E-state index in [0.29, 0.717) is 6.61 Å². The van der Waals surface area contributed by atoms with Crippen molar-refractivity contribution < 1.29 is 14.3 Å². The number of ether oxygens (including phenoxy) is 1. The minimum Gasteiger partial charge on any atom is -0.464 e. The SMILES string of the molecule is CC(=O)N[C@H](C)C(=O)OCCCCc1ccc(CCCCCc2ccccc2)s1. The van der Waals surface area contributed by atoms with E-state index in [1.54, 1.807) is 6.92 Å².